The van der Waals surface area contributed by atoms with E-state index in [1.54, 1.807) is 25.7 Å². The van der Waals surface area contributed by atoms with Gasteiger partial charge < -0.3 is 19.2 Å². The molecule has 1 aromatic carbocycles. The molecule has 1 aliphatic heterocycles. The molecule has 2 amide bonds. The Bertz CT molecular complexity index is 1730. The van der Waals surface area contributed by atoms with Gasteiger partial charge in [-0.1, -0.05) is 44.7 Å². The normalized spacial score (nSPS) is 17.4. The fourth-order valence-corrected chi connectivity index (χ4v) is 6.00. The zero-order valence-electron chi connectivity index (χ0n) is 29.8. The minimum atomic E-state index is -2.14. The lowest BCUT2D eigenvalue weighted by Gasteiger charge is -2.42. The van der Waals surface area contributed by atoms with E-state index in [2.05, 4.69) is 61.0 Å². The molecular weight excluding hydrogens is 666 g/mol. The summed E-state index contributed by atoms with van der Waals surface area (Å²) in [5.74, 6) is 2.40. The maximum atomic E-state index is 15.2. The quantitative estimate of drug-likeness (QED) is 0.192. The summed E-state index contributed by atoms with van der Waals surface area (Å²) in [7, 11) is -2.14. The summed E-state index contributed by atoms with van der Waals surface area (Å²) in [6, 6.07) is 6.43. The van der Waals surface area contributed by atoms with Crippen molar-refractivity contribution in [2.75, 3.05) is 25.1 Å². The lowest BCUT2D eigenvalue weighted by Crippen LogP contribution is -2.56. The van der Waals surface area contributed by atoms with Gasteiger partial charge in [0, 0.05) is 18.5 Å². The number of hydrogen-bond donors (Lipinski definition) is 1. The van der Waals surface area contributed by atoms with Gasteiger partial charge in [-0.25, -0.2) is 18.0 Å². The monoisotopic (exact) mass is 710 g/mol. The number of hydrogen-bond acceptors (Lipinski definition) is 7. The Morgan fingerprint density at radius 1 is 1.02 bits per heavy atom. The molecule has 4 rings (SSSR count). The van der Waals surface area contributed by atoms with Gasteiger partial charge in [0.1, 0.15) is 23.3 Å². The minimum Gasteiger partial charge on any atom is -0.444 e. The van der Waals surface area contributed by atoms with E-state index in [-0.39, 0.29) is 48.0 Å². The number of amides is 2. The SMILES string of the molecule is CC(C)(C)OC(=O)N1C[C@@H](C#Cc2c(F)cncc2NC(=O)CC(c2ccc(F)cc2)c2ccncc2F)OC[C@H]1CO[Si](C)(C)C(C)(C)C. The van der Waals surface area contributed by atoms with E-state index in [0.717, 1.165) is 12.4 Å². The molecule has 1 unspecified atom stereocenters. The number of rotatable bonds is 8. The van der Waals surface area contributed by atoms with Crippen LogP contribution in [0.1, 0.15) is 70.6 Å². The molecule has 0 bridgehead atoms. The van der Waals surface area contributed by atoms with Crippen molar-refractivity contribution in [2.45, 2.75) is 89.8 Å². The lowest BCUT2D eigenvalue weighted by molar-refractivity contribution is -0.116. The van der Waals surface area contributed by atoms with Gasteiger partial charge in [-0.15, -0.1) is 0 Å². The molecule has 268 valence electrons. The predicted octanol–water partition coefficient (Wildman–Crippen LogP) is 7.43. The topological polar surface area (TPSA) is 103 Å². The Kier molecular flexibility index (Phi) is 12.1. The highest BCUT2D eigenvalue weighted by atomic mass is 28.4. The maximum absolute atomic E-state index is 15.2. The van der Waals surface area contributed by atoms with E-state index in [4.69, 9.17) is 13.9 Å². The predicted molar refractivity (Wildman–Crippen MR) is 186 cm³/mol. The number of halogens is 3. The second-order valence-electron chi connectivity index (χ2n) is 14.7. The Morgan fingerprint density at radius 2 is 1.70 bits per heavy atom. The molecule has 0 saturated carbocycles. The van der Waals surface area contributed by atoms with Crippen molar-refractivity contribution in [2.24, 2.45) is 0 Å². The van der Waals surface area contributed by atoms with E-state index in [0.29, 0.717) is 5.56 Å². The van der Waals surface area contributed by atoms with E-state index in [1.807, 2.05) is 0 Å². The lowest BCUT2D eigenvalue weighted by atomic mass is 9.88. The molecule has 0 aliphatic carbocycles. The van der Waals surface area contributed by atoms with Gasteiger partial charge in [0.2, 0.25) is 5.91 Å². The number of nitrogens with one attached hydrogen (secondary N) is 1. The highest BCUT2D eigenvalue weighted by Crippen LogP contribution is 2.37. The molecule has 1 N–H and O–H groups in total. The van der Waals surface area contributed by atoms with Crippen LogP contribution in [0.5, 0.6) is 0 Å². The first-order valence-corrected chi connectivity index (χ1v) is 19.3. The molecular formula is C37H45F3N4O5Si. The van der Waals surface area contributed by atoms with Crippen LogP contribution in [0.3, 0.4) is 0 Å². The Hall–Kier alpha value is -4.25. The number of morpholine rings is 1. The van der Waals surface area contributed by atoms with Crippen molar-refractivity contribution in [1.82, 2.24) is 14.9 Å². The van der Waals surface area contributed by atoms with Crippen LogP contribution in [0.25, 0.3) is 0 Å². The van der Waals surface area contributed by atoms with Gasteiger partial charge in [-0.3, -0.25) is 19.7 Å². The summed E-state index contributed by atoms with van der Waals surface area (Å²) in [4.78, 5) is 35.9. The average molecular weight is 711 g/mol. The minimum absolute atomic E-state index is 0.00369. The standard InChI is InChI=1S/C37H45F3N4O5Si/c1-36(2,3)49-35(46)44-21-27(47-22-26(44)23-48-50(7,8)37(4,5)6)13-14-29-32(40)19-42-20-33(29)43-34(45)17-30(24-9-11-25(38)12-10-24)28-15-16-41-18-31(28)39/h9-12,15-16,18-20,26-27,30H,17,21-23H2,1-8H3,(H,43,45)/t26-,27+,30?/m0/s1. The third kappa shape index (κ3) is 10.1. The highest BCUT2D eigenvalue weighted by Gasteiger charge is 2.40. The number of ether oxygens (including phenoxy) is 2. The molecule has 13 heteroatoms. The van der Waals surface area contributed by atoms with Crippen molar-refractivity contribution in [3.05, 3.63) is 89.3 Å². The molecule has 9 nitrogen and oxygen atoms in total. The van der Waals surface area contributed by atoms with Crippen molar-refractivity contribution in [3.63, 3.8) is 0 Å². The van der Waals surface area contributed by atoms with Gasteiger partial charge in [0.05, 0.1) is 55.6 Å². The highest BCUT2D eigenvalue weighted by molar-refractivity contribution is 6.74. The summed E-state index contributed by atoms with van der Waals surface area (Å²) in [6.45, 7) is 16.4. The molecule has 1 aliphatic rings. The van der Waals surface area contributed by atoms with Crippen LogP contribution in [0.4, 0.5) is 23.7 Å². The first-order valence-electron chi connectivity index (χ1n) is 16.4. The second-order valence-corrected chi connectivity index (χ2v) is 19.6. The fourth-order valence-electron chi connectivity index (χ4n) is 4.96. The molecule has 0 radical (unpaired) electrons. The zero-order chi connectivity index (χ0) is 36.9. The van der Waals surface area contributed by atoms with Gasteiger partial charge in [0.25, 0.3) is 0 Å². The number of anilines is 1. The largest absolute Gasteiger partial charge is 0.444 e. The first-order chi connectivity index (χ1) is 23.3. The van der Waals surface area contributed by atoms with Crippen LogP contribution in [0.15, 0.2) is 55.1 Å². The Morgan fingerprint density at radius 3 is 2.34 bits per heavy atom. The number of benzene rings is 1. The van der Waals surface area contributed by atoms with E-state index in [1.165, 1.54) is 42.7 Å². The van der Waals surface area contributed by atoms with E-state index >= 15 is 4.39 Å². The van der Waals surface area contributed by atoms with E-state index in [9.17, 15) is 18.4 Å². The van der Waals surface area contributed by atoms with Crippen molar-refractivity contribution < 1.29 is 36.7 Å². The number of pyridine rings is 2. The van der Waals surface area contributed by atoms with Gasteiger partial charge in [-0.2, -0.15) is 0 Å². The molecule has 50 heavy (non-hydrogen) atoms. The van der Waals surface area contributed by atoms with Crippen LogP contribution in [0, 0.1) is 29.3 Å². The van der Waals surface area contributed by atoms with Crippen LogP contribution in [0.2, 0.25) is 18.1 Å². The number of carbonyl (C=O) groups excluding carboxylic acids is 2. The summed E-state index contributed by atoms with van der Waals surface area (Å²) < 4.78 is 61.8. The van der Waals surface area contributed by atoms with E-state index < -0.39 is 61.4 Å². The Labute approximate surface area is 293 Å². The molecule has 3 aromatic rings. The third-order valence-electron chi connectivity index (χ3n) is 8.74. The van der Waals surface area contributed by atoms with Gasteiger partial charge in [0.15, 0.2) is 14.1 Å². The molecule has 1 fully saturated rings. The fraction of sp³-hybridized carbons (Fsp3) is 0.459. The summed E-state index contributed by atoms with van der Waals surface area (Å²) in [5.41, 5.74) is -0.195. The van der Waals surface area contributed by atoms with Crippen molar-refractivity contribution >= 4 is 26.0 Å². The van der Waals surface area contributed by atoms with Crippen molar-refractivity contribution in [3.8, 4) is 11.8 Å². The van der Waals surface area contributed by atoms with Crippen LogP contribution in [-0.2, 0) is 18.7 Å². The Balaban J connectivity index is 1.54. The molecule has 1 saturated heterocycles. The molecule has 0 spiro atoms. The van der Waals surface area contributed by atoms with Crippen LogP contribution in [-0.4, -0.2) is 72.7 Å². The summed E-state index contributed by atoms with van der Waals surface area (Å²) >= 11 is 0. The first kappa shape index (κ1) is 38.5. The number of carbonyl (C=O) groups is 2. The number of nitrogens with zero attached hydrogens (tertiary/aromatic N) is 3. The number of aromatic nitrogens is 2. The molecule has 2 aromatic heterocycles. The summed E-state index contributed by atoms with van der Waals surface area (Å²) in [6.07, 6.45) is 3.06. The average Bonchev–Trinajstić information content (AvgIpc) is 3.02. The maximum Gasteiger partial charge on any atom is 0.410 e. The smallest absolute Gasteiger partial charge is 0.410 e. The van der Waals surface area contributed by atoms with Crippen LogP contribution < -0.4 is 5.32 Å². The molecule has 3 atom stereocenters. The van der Waals surface area contributed by atoms with Crippen LogP contribution >= 0.6 is 0 Å². The summed E-state index contributed by atoms with van der Waals surface area (Å²) in [5, 5.41) is 2.61. The third-order valence-corrected chi connectivity index (χ3v) is 13.2. The molecule has 3 heterocycles. The second kappa shape index (κ2) is 15.7. The van der Waals surface area contributed by atoms with Gasteiger partial charge in [-0.05, 0) is 68.2 Å². The van der Waals surface area contributed by atoms with Crippen molar-refractivity contribution in [1.29, 1.82) is 0 Å². The van der Waals surface area contributed by atoms with Gasteiger partial charge >= 0.3 is 6.09 Å². The zero-order valence-corrected chi connectivity index (χ0v) is 30.8.